The first kappa shape index (κ1) is 19.0. The minimum absolute atomic E-state index is 0.0234. The maximum absolute atomic E-state index is 14.3. The van der Waals surface area contributed by atoms with Crippen molar-refractivity contribution in [2.24, 2.45) is 0 Å². The third kappa shape index (κ3) is 3.84. The minimum atomic E-state index is -0.377. The normalized spacial score (nSPS) is 13.0. The van der Waals surface area contributed by atoms with Gasteiger partial charge in [-0.3, -0.25) is 4.79 Å². The molecular formula is C21H25FN4O. The van der Waals surface area contributed by atoms with Crippen molar-refractivity contribution < 1.29 is 9.18 Å². The number of rotatable bonds is 4. The summed E-state index contributed by atoms with van der Waals surface area (Å²) >= 11 is 0. The van der Waals surface area contributed by atoms with Gasteiger partial charge in [0.1, 0.15) is 11.5 Å². The SMILES string of the molecule is CCC(C)NC(=O)c1cc(-c2ccccc2F)nc2cc(C(C)(C)C)nn12. The van der Waals surface area contributed by atoms with E-state index in [1.54, 1.807) is 28.8 Å². The number of nitrogens with one attached hydrogen (secondary N) is 1. The van der Waals surface area contributed by atoms with Gasteiger partial charge < -0.3 is 5.32 Å². The number of carbonyl (C=O) groups excluding carboxylic acids is 1. The summed E-state index contributed by atoms with van der Waals surface area (Å²) in [5, 5.41) is 7.55. The quantitative estimate of drug-likeness (QED) is 0.744. The average Bonchev–Trinajstić information content (AvgIpc) is 3.05. The molecule has 27 heavy (non-hydrogen) atoms. The lowest BCUT2D eigenvalue weighted by Gasteiger charge is -2.14. The van der Waals surface area contributed by atoms with Crippen LogP contribution in [0.2, 0.25) is 0 Å². The molecule has 0 saturated heterocycles. The van der Waals surface area contributed by atoms with E-state index >= 15 is 0 Å². The molecule has 0 fully saturated rings. The molecule has 5 nitrogen and oxygen atoms in total. The second-order valence-electron chi connectivity index (χ2n) is 7.84. The molecule has 0 aliphatic heterocycles. The Morgan fingerprint density at radius 2 is 1.96 bits per heavy atom. The van der Waals surface area contributed by atoms with Crippen LogP contribution >= 0.6 is 0 Å². The first-order valence-electron chi connectivity index (χ1n) is 9.17. The Morgan fingerprint density at radius 3 is 2.59 bits per heavy atom. The van der Waals surface area contributed by atoms with Crippen molar-refractivity contribution in [3.05, 3.63) is 53.6 Å². The van der Waals surface area contributed by atoms with E-state index in [0.29, 0.717) is 22.6 Å². The summed E-state index contributed by atoms with van der Waals surface area (Å²) in [7, 11) is 0. The van der Waals surface area contributed by atoms with Gasteiger partial charge in [-0.15, -0.1) is 0 Å². The van der Waals surface area contributed by atoms with E-state index in [4.69, 9.17) is 0 Å². The van der Waals surface area contributed by atoms with Gasteiger partial charge in [0.2, 0.25) is 0 Å². The first-order valence-corrected chi connectivity index (χ1v) is 9.17. The third-order valence-corrected chi connectivity index (χ3v) is 4.57. The van der Waals surface area contributed by atoms with Crippen LogP contribution in [0.15, 0.2) is 36.4 Å². The lowest BCUT2D eigenvalue weighted by atomic mass is 9.93. The summed E-state index contributed by atoms with van der Waals surface area (Å²) < 4.78 is 15.8. The molecule has 0 spiro atoms. The van der Waals surface area contributed by atoms with E-state index in [-0.39, 0.29) is 23.2 Å². The molecule has 2 aromatic heterocycles. The number of nitrogens with zero attached hydrogens (tertiary/aromatic N) is 3. The first-order chi connectivity index (χ1) is 12.7. The second kappa shape index (κ2) is 7.10. The molecule has 3 aromatic rings. The highest BCUT2D eigenvalue weighted by atomic mass is 19.1. The highest BCUT2D eigenvalue weighted by Gasteiger charge is 2.23. The Balaban J connectivity index is 2.22. The summed E-state index contributed by atoms with van der Waals surface area (Å²) in [6.07, 6.45) is 0.812. The predicted molar refractivity (Wildman–Crippen MR) is 104 cm³/mol. The molecule has 1 atom stereocenters. The van der Waals surface area contributed by atoms with Gasteiger partial charge in [0.15, 0.2) is 5.65 Å². The highest BCUT2D eigenvalue weighted by molar-refractivity contribution is 5.94. The Hall–Kier alpha value is -2.76. The fraction of sp³-hybridized carbons (Fsp3) is 0.381. The Labute approximate surface area is 158 Å². The van der Waals surface area contributed by atoms with Gasteiger partial charge in [-0.05, 0) is 31.5 Å². The summed E-state index contributed by atoms with van der Waals surface area (Å²) in [5.74, 6) is -0.629. The molecule has 1 aromatic carbocycles. The topological polar surface area (TPSA) is 59.3 Å². The van der Waals surface area contributed by atoms with Gasteiger partial charge in [0.25, 0.3) is 5.91 Å². The van der Waals surface area contributed by atoms with E-state index in [9.17, 15) is 9.18 Å². The molecule has 142 valence electrons. The summed E-state index contributed by atoms with van der Waals surface area (Å²) in [5.41, 5.74) is 2.25. The van der Waals surface area contributed by atoms with Crippen molar-refractivity contribution >= 4 is 11.6 Å². The van der Waals surface area contributed by atoms with E-state index < -0.39 is 0 Å². The molecular weight excluding hydrogens is 343 g/mol. The Kier molecular flexibility index (Phi) is 5.00. The molecule has 0 bridgehead atoms. The highest BCUT2D eigenvalue weighted by Crippen LogP contribution is 2.26. The van der Waals surface area contributed by atoms with Crippen LogP contribution in [-0.2, 0) is 5.41 Å². The lowest BCUT2D eigenvalue weighted by molar-refractivity contribution is 0.0931. The maximum atomic E-state index is 14.3. The van der Waals surface area contributed by atoms with Gasteiger partial charge in [0, 0.05) is 23.1 Å². The third-order valence-electron chi connectivity index (χ3n) is 4.57. The molecule has 0 saturated carbocycles. The molecule has 0 radical (unpaired) electrons. The van der Waals surface area contributed by atoms with Gasteiger partial charge in [-0.25, -0.2) is 13.9 Å². The summed E-state index contributed by atoms with van der Waals surface area (Å²) in [4.78, 5) is 17.4. The molecule has 6 heteroatoms. The Bertz CT molecular complexity index is 988. The number of hydrogen-bond donors (Lipinski definition) is 1. The zero-order valence-corrected chi connectivity index (χ0v) is 16.4. The van der Waals surface area contributed by atoms with Crippen LogP contribution < -0.4 is 5.32 Å². The fourth-order valence-electron chi connectivity index (χ4n) is 2.71. The zero-order chi connectivity index (χ0) is 19.8. The van der Waals surface area contributed by atoms with Crippen molar-refractivity contribution in [2.45, 2.75) is 52.5 Å². The van der Waals surface area contributed by atoms with Crippen LogP contribution in [0, 0.1) is 5.82 Å². The Morgan fingerprint density at radius 1 is 1.26 bits per heavy atom. The monoisotopic (exact) mass is 368 g/mol. The van der Waals surface area contributed by atoms with E-state index in [0.717, 1.165) is 12.1 Å². The fourth-order valence-corrected chi connectivity index (χ4v) is 2.71. The van der Waals surface area contributed by atoms with Gasteiger partial charge in [-0.2, -0.15) is 5.10 Å². The van der Waals surface area contributed by atoms with Crippen LogP contribution in [-0.4, -0.2) is 26.5 Å². The van der Waals surface area contributed by atoms with Gasteiger partial charge >= 0.3 is 0 Å². The van der Waals surface area contributed by atoms with Crippen LogP contribution in [0.1, 0.15) is 57.2 Å². The minimum Gasteiger partial charge on any atom is -0.348 e. The molecule has 1 unspecified atom stereocenters. The standard InChI is InChI=1S/C21H25FN4O/c1-6-13(2)23-20(27)17-11-16(14-9-7-8-10-15(14)22)24-19-12-18(21(3,4)5)25-26(17)19/h7-13H,6H2,1-5H3,(H,23,27). The van der Waals surface area contributed by atoms with E-state index in [2.05, 4.69) is 15.4 Å². The van der Waals surface area contributed by atoms with Crippen LogP contribution in [0.3, 0.4) is 0 Å². The van der Waals surface area contributed by atoms with Crippen LogP contribution in [0.5, 0.6) is 0 Å². The van der Waals surface area contributed by atoms with Crippen molar-refractivity contribution in [1.82, 2.24) is 19.9 Å². The molecule has 1 N–H and O–H groups in total. The average molecular weight is 368 g/mol. The van der Waals surface area contributed by atoms with Crippen molar-refractivity contribution in [3.8, 4) is 11.3 Å². The number of benzene rings is 1. The number of carbonyl (C=O) groups is 1. The van der Waals surface area contributed by atoms with Crippen molar-refractivity contribution in [2.75, 3.05) is 0 Å². The van der Waals surface area contributed by atoms with Crippen molar-refractivity contribution in [1.29, 1.82) is 0 Å². The molecule has 3 rings (SSSR count). The van der Waals surface area contributed by atoms with E-state index in [1.807, 2.05) is 40.7 Å². The number of aromatic nitrogens is 3. The smallest absolute Gasteiger partial charge is 0.270 e. The molecule has 0 aliphatic carbocycles. The van der Waals surface area contributed by atoms with Crippen LogP contribution in [0.25, 0.3) is 16.9 Å². The number of hydrogen-bond acceptors (Lipinski definition) is 3. The van der Waals surface area contributed by atoms with Gasteiger partial charge in [-0.1, -0.05) is 39.8 Å². The molecule has 2 heterocycles. The number of halogens is 1. The second-order valence-corrected chi connectivity index (χ2v) is 7.84. The van der Waals surface area contributed by atoms with Crippen molar-refractivity contribution in [3.63, 3.8) is 0 Å². The summed E-state index contributed by atoms with van der Waals surface area (Å²) in [6, 6.07) is 9.90. The predicted octanol–water partition coefficient (Wildman–Crippen LogP) is 4.36. The number of amides is 1. The molecule has 1 amide bonds. The largest absolute Gasteiger partial charge is 0.348 e. The maximum Gasteiger partial charge on any atom is 0.270 e. The number of fused-ring (bicyclic) bond motifs is 1. The lowest BCUT2D eigenvalue weighted by Crippen LogP contribution is -2.33. The van der Waals surface area contributed by atoms with Crippen LogP contribution in [0.4, 0.5) is 4.39 Å². The molecule has 0 aliphatic rings. The zero-order valence-electron chi connectivity index (χ0n) is 16.4. The van der Waals surface area contributed by atoms with Gasteiger partial charge in [0.05, 0.1) is 11.4 Å². The van der Waals surface area contributed by atoms with E-state index in [1.165, 1.54) is 6.07 Å². The summed E-state index contributed by atoms with van der Waals surface area (Å²) in [6.45, 7) is 10.1.